The summed E-state index contributed by atoms with van der Waals surface area (Å²) in [5.41, 5.74) is 0. The number of rotatable bonds is 5. The molecule has 0 fully saturated rings. The van der Waals surface area contributed by atoms with Crippen molar-refractivity contribution in [3.8, 4) is 0 Å². The summed E-state index contributed by atoms with van der Waals surface area (Å²) in [5, 5.41) is 0. The number of benzene rings is 3. The second kappa shape index (κ2) is 8.17. The van der Waals surface area contributed by atoms with E-state index in [4.69, 9.17) is 4.74 Å². The molecule has 0 bridgehead atoms. The third kappa shape index (κ3) is 3.69. The van der Waals surface area contributed by atoms with E-state index in [0.29, 0.717) is 0 Å². The zero-order chi connectivity index (χ0) is 17.5. The average Bonchev–Trinajstić information content (AvgIpc) is 2.71. The molecule has 0 saturated carbocycles. The van der Waals surface area contributed by atoms with E-state index in [0.717, 1.165) is 0 Å². The van der Waals surface area contributed by atoms with Crippen LogP contribution >= 0.6 is 0 Å². The normalized spacial score (nSPS) is 11.4. The molecule has 0 radical (unpaired) electrons. The minimum atomic E-state index is -3.46. The average molecular weight is 435 g/mol. The Morgan fingerprint density at radius 2 is 1.08 bits per heavy atom. The van der Waals surface area contributed by atoms with Crippen molar-refractivity contribution < 1.29 is 9.53 Å². The van der Waals surface area contributed by atoms with Gasteiger partial charge in [-0.3, -0.25) is 0 Å². The van der Waals surface area contributed by atoms with Crippen LogP contribution < -0.4 is 10.7 Å². The third-order valence-electron chi connectivity index (χ3n) is 4.36. The number of hydrogen-bond donors (Lipinski definition) is 0. The fraction of sp³-hybridized carbons (Fsp3) is 0.0455. The van der Waals surface area contributed by atoms with Gasteiger partial charge >= 0.3 is 153 Å². The van der Waals surface area contributed by atoms with Crippen LogP contribution in [0.2, 0.25) is 0 Å². The van der Waals surface area contributed by atoms with Crippen LogP contribution in [0, 0.1) is 0 Å². The van der Waals surface area contributed by atoms with Crippen LogP contribution in [-0.4, -0.2) is 31.5 Å². The van der Waals surface area contributed by atoms with Gasteiger partial charge in [-0.15, -0.1) is 0 Å². The van der Waals surface area contributed by atoms with Gasteiger partial charge in [0.2, 0.25) is 0 Å². The summed E-state index contributed by atoms with van der Waals surface area (Å²) < 4.78 is 10.9. The number of hydrogen-bond acceptors (Lipinski definition) is 2. The van der Waals surface area contributed by atoms with E-state index >= 15 is 0 Å². The first-order valence-corrected chi connectivity index (χ1v) is 14.1. The molecule has 0 aliphatic carbocycles. The number of ether oxygens (including phenoxy) is 1. The van der Waals surface area contributed by atoms with Crippen LogP contribution in [0.5, 0.6) is 0 Å². The van der Waals surface area contributed by atoms with E-state index in [1.807, 2.05) is 18.2 Å². The molecular weight excluding hydrogens is 415 g/mol. The molecule has 0 unspecified atom stereocenters. The first-order valence-electron chi connectivity index (χ1n) is 8.21. The van der Waals surface area contributed by atoms with Gasteiger partial charge in [-0.2, -0.15) is 0 Å². The zero-order valence-corrected chi connectivity index (χ0v) is 17.0. The van der Waals surface area contributed by atoms with Gasteiger partial charge in [-0.05, 0) is 0 Å². The molecule has 2 nitrogen and oxygen atoms in total. The summed E-state index contributed by atoms with van der Waals surface area (Å²) in [6.07, 6.45) is 1.60. The Balaban J connectivity index is 2.31. The summed E-state index contributed by atoms with van der Waals surface area (Å²) in [4.78, 5) is 11.9. The van der Waals surface area contributed by atoms with Crippen molar-refractivity contribution in [1.82, 2.24) is 0 Å². The van der Waals surface area contributed by atoms with Crippen molar-refractivity contribution in [3.05, 3.63) is 101 Å². The topological polar surface area (TPSA) is 26.3 Å². The van der Waals surface area contributed by atoms with Crippen LogP contribution in [0.4, 0.5) is 0 Å². The molecule has 25 heavy (non-hydrogen) atoms. The Kier molecular flexibility index (Phi) is 5.71. The molecule has 0 atom stereocenters. The SMILES string of the molecule is COC(=O)/C=[CH]\[Sn]([c]1ccccc1)([c]1ccccc1)[c]1ccccc1. The third-order valence-corrected chi connectivity index (χ3v) is 16.9. The van der Waals surface area contributed by atoms with E-state index in [2.05, 4.69) is 76.9 Å². The summed E-state index contributed by atoms with van der Waals surface area (Å²) in [6, 6.07) is 31.6. The van der Waals surface area contributed by atoms with E-state index in [-0.39, 0.29) is 5.97 Å². The summed E-state index contributed by atoms with van der Waals surface area (Å²) >= 11 is -3.46. The molecule has 0 aromatic heterocycles. The molecule has 3 aromatic rings. The number of carbonyl (C=O) groups excluding carboxylic acids is 1. The maximum atomic E-state index is 11.9. The van der Waals surface area contributed by atoms with Gasteiger partial charge in [-0.1, -0.05) is 0 Å². The standard InChI is InChI=1S/3C6H5.C4H5O2.Sn/c3*1-2-4-6-5-3-1;1-3-4(5)6-2;/h3*1-5H;1,3H,2H3;. The van der Waals surface area contributed by atoms with Crippen molar-refractivity contribution in [1.29, 1.82) is 0 Å². The van der Waals surface area contributed by atoms with Crippen molar-refractivity contribution in [2.45, 2.75) is 0 Å². The minimum absolute atomic E-state index is 0.316. The number of methoxy groups -OCH3 is 1. The Morgan fingerprint density at radius 3 is 1.40 bits per heavy atom. The summed E-state index contributed by atoms with van der Waals surface area (Å²) in [7, 11) is 1.41. The molecule has 0 aliphatic rings. The van der Waals surface area contributed by atoms with Gasteiger partial charge in [-0.25, -0.2) is 0 Å². The monoisotopic (exact) mass is 436 g/mol. The Morgan fingerprint density at radius 1 is 0.720 bits per heavy atom. The fourth-order valence-electron chi connectivity index (χ4n) is 3.15. The first-order chi connectivity index (χ1) is 12.3. The summed E-state index contributed by atoms with van der Waals surface area (Å²) in [5.74, 6) is -0.316. The van der Waals surface area contributed by atoms with Gasteiger partial charge in [0.25, 0.3) is 0 Å². The van der Waals surface area contributed by atoms with Gasteiger partial charge in [0, 0.05) is 0 Å². The zero-order valence-electron chi connectivity index (χ0n) is 14.1. The van der Waals surface area contributed by atoms with Crippen molar-refractivity contribution in [2.24, 2.45) is 0 Å². The molecule has 3 heteroatoms. The molecule has 0 saturated heterocycles. The Bertz CT molecular complexity index is 746. The molecule has 124 valence electrons. The molecule has 0 N–H and O–H groups in total. The van der Waals surface area contributed by atoms with E-state index in [1.54, 1.807) is 6.08 Å². The van der Waals surface area contributed by atoms with Crippen LogP contribution in [-0.2, 0) is 9.53 Å². The number of carbonyl (C=O) groups is 1. The van der Waals surface area contributed by atoms with Crippen LogP contribution in [0.3, 0.4) is 0 Å². The second-order valence-corrected chi connectivity index (χ2v) is 16.3. The first kappa shape index (κ1) is 17.5. The second-order valence-electron chi connectivity index (χ2n) is 5.76. The quantitative estimate of drug-likeness (QED) is 0.350. The summed E-state index contributed by atoms with van der Waals surface area (Å²) in [6.45, 7) is 0. The van der Waals surface area contributed by atoms with Gasteiger partial charge in [0.1, 0.15) is 0 Å². The van der Waals surface area contributed by atoms with Crippen molar-refractivity contribution in [3.63, 3.8) is 0 Å². The predicted molar refractivity (Wildman–Crippen MR) is 105 cm³/mol. The van der Waals surface area contributed by atoms with Gasteiger partial charge in [0.15, 0.2) is 0 Å². The van der Waals surface area contributed by atoms with E-state index in [1.165, 1.54) is 17.8 Å². The molecule has 0 amide bonds. The molecule has 0 aliphatic heterocycles. The molecule has 3 rings (SSSR count). The van der Waals surface area contributed by atoms with E-state index < -0.39 is 18.4 Å². The Labute approximate surface area is 152 Å². The molecule has 0 heterocycles. The van der Waals surface area contributed by atoms with Crippen LogP contribution in [0.1, 0.15) is 0 Å². The van der Waals surface area contributed by atoms with Gasteiger partial charge in [0.05, 0.1) is 0 Å². The molecule has 3 aromatic carbocycles. The number of esters is 1. The van der Waals surface area contributed by atoms with E-state index in [9.17, 15) is 4.79 Å². The fourth-order valence-corrected chi connectivity index (χ4v) is 14.9. The Hall–Kier alpha value is -2.33. The maximum absolute atomic E-state index is 11.9. The van der Waals surface area contributed by atoms with Crippen molar-refractivity contribution >= 4 is 35.1 Å². The predicted octanol–water partition coefficient (Wildman–Crippen LogP) is 2.43. The molecule has 0 spiro atoms. The van der Waals surface area contributed by atoms with Crippen LogP contribution in [0.15, 0.2) is 101 Å². The van der Waals surface area contributed by atoms with Crippen molar-refractivity contribution in [2.75, 3.05) is 7.11 Å². The van der Waals surface area contributed by atoms with Gasteiger partial charge < -0.3 is 0 Å². The molecular formula is C22H20O2Sn. The van der Waals surface area contributed by atoms with Crippen LogP contribution in [0.25, 0.3) is 0 Å².